The molecule has 3 N–H and O–H groups in total. The summed E-state index contributed by atoms with van der Waals surface area (Å²) in [6.07, 6.45) is 0. The van der Waals surface area contributed by atoms with Crippen LogP contribution in [0.4, 0.5) is 0 Å². The van der Waals surface area contributed by atoms with Gasteiger partial charge in [0.2, 0.25) is 0 Å². The Morgan fingerprint density at radius 2 is 1.58 bits per heavy atom. The summed E-state index contributed by atoms with van der Waals surface area (Å²) in [6.45, 7) is -0.959. The van der Waals surface area contributed by atoms with Crippen molar-refractivity contribution in [2.24, 2.45) is 0 Å². The number of phenols is 1. The number of ether oxygens (including phenoxy) is 2. The van der Waals surface area contributed by atoms with Crippen LogP contribution in [0.1, 0.15) is 20.7 Å². The Balaban J connectivity index is 2.79. The van der Waals surface area contributed by atoms with Crippen LogP contribution in [0.25, 0.3) is 0 Å². The summed E-state index contributed by atoms with van der Waals surface area (Å²) in [7, 11) is 0. The molecule has 0 aliphatic heterocycles. The van der Waals surface area contributed by atoms with E-state index in [0.717, 1.165) is 6.07 Å². The maximum absolute atomic E-state index is 11.4. The molecule has 7 nitrogen and oxygen atoms in total. The molecule has 0 fully saturated rings. The van der Waals surface area contributed by atoms with Crippen LogP contribution in [0, 0.1) is 0 Å². The van der Waals surface area contributed by atoms with E-state index in [-0.39, 0.29) is 37.6 Å². The smallest absolute Gasteiger partial charge is 0.341 e. The van der Waals surface area contributed by atoms with Crippen molar-refractivity contribution in [2.75, 3.05) is 26.4 Å². The molecule has 0 unspecified atom stereocenters. The van der Waals surface area contributed by atoms with Crippen molar-refractivity contribution in [3.05, 3.63) is 29.3 Å². The Morgan fingerprint density at radius 3 is 2.11 bits per heavy atom. The monoisotopic (exact) mass is 270 g/mol. The van der Waals surface area contributed by atoms with Crippen molar-refractivity contribution >= 4 is 11.9 Å². The molecule has 0 aromatic heterocycles. The summed E-state index contributed by atoms with van der Waals surface area (Å²) < 4.78 is 9.27. The Morgan fingerprint density at radius 1 is 1.00 bits per heavy atom. The minimum Gasteiger partial charge on any atom is -0.507 e. The number of rotatable bonds is 6. The average molecular weight is 270 g/mol. The molecule has 0 aliphatic rings. The quantitative estimate of drug-likeness (QED) is 0.607. The molecule has 0 atom stereocenters. The van der Waals surface area contributed by atoms with Crippen molar-refractivity contribution in [3.63, 3.8) is 0 Å². The molecule has 0 saturated heterocycles. The van der Waals surface area contributed by atoms with Gasteiger partial charge in [-0.15, -0.1) is 0 Å². The molecule has 0 aliphatic carbocycles. The number of aliphatic hydroxyl groups is 2. The minimum atomic E-state index is -0.804. The van der Waals surface area contributed by atoms with Gasteiger partial charge in [-0.3, -0.25) is 0 Å². The van der Waals surface area contributed by atoms with E-state index in [1.807, 2.05) is 0 Å². The van der Waals surface area contributed by atoms with E-state index >= 15 is 0 Å². The van der Waals surface area contributed by atoms with Crippen LogP contribution in [-0.4, -0.2) is 53.7 Å². The highest BCUT2D eigenvalue weighted by Gasteiger charge is 2.16. The van der Waals surface area contributed by atoms with Gasteiger partial charge in [-0.05, 0) is 18.2 Å². The number of carbonyl (C=O) groups is 2. The fraction of sp³-hybridized carbons (Fsp3) is 0.333. The van der Waals surface area contributed by atoms with Crippen LogP contribution in [0.2, 0.25) is 0 Å². The molecule has 0 radical (unpaired) electrons. The molecule has 1 aromatic rings. The number of hydrogen-bond acceptors (Lipinski definition) is 7. The van der Waals surface area contributed by atoms with Crippen LogP contribution in [-0.2, 0) is 9.47 Å². The van der Waals surface area contributed by atoms with Gasteiger partial charge < -0.3 is 24.8 Å². The zero-order valence-electron chi connectivity index (χ0n) is 10.0. The van der Waals surface area contributed by atoms with E-state index < -0.39 is 17.7 Å². The Hall–Kier alpha value is -2.12. The summed E-state index contributed by atoms with van der Waals surface area (Å²) in [6, 6.07) is 3.56. The first kappa shape index (κ1) is 14.9. The van der Waals surface area contributed by atoms with Crippen LogP contribution >= 0.6 is 0 Å². The molecule has 1 aromatic carbocycles. The van der Waals surface area contributed by atoms with E-state index in [0.29, 0.717) is 0 Å². The predicted molar refractivity (Wildman–Crippen MR) is 62.8 cm³/mol. The van der Waals surface area contributed by atoms with Crippen molar-refractivity contribution in [2.45, 2.75) is 0 Å². The Labute approximate surface area is 109 Å². The molecule has 7 heteroatoms. The maximum Gasteiger partial charge on any atom is 0.341 e. The standard InChI is InChI=1S/C12H14O7/c13-3-5-18-11(16)8-1-2-9(10(15)7-8)12(17)19-6-4-14/h1-2,7,13-15H,3-6H2. The number of phenolic OH excluding ortho intramolecular Hbond substituents is 1. The summed E-state index contributed by atoms with van der Waals surface area (Å²) in [5.41, 5.74) is -0.0724. The number of esters is 2. The summed E-state index contributed by atoms with van der Waals surface area (Å²) in [4.78, 5) is 22.9. The van der Waals surface area contributed by atoms with Gasteiger partial charge in [-0.25, -0.2) is 9.59 Å². The lowest BCUT2D eigenvalue weighted by Crippen LogP contribution is -2.11. The summed E-state index contributed by atoms with van der Waals surface area (Å²) >= 11 is 0. The lowest BCUT2D eigenvalue weighted by atomic mass is 10.1. The third-order valence-corrected chi connectivity index (χ3v) is 2.10. The van der Waals surface area contributed by atoms with Gasteiger partial charge in [-0.2, -0.15) is 0 Å². The highest BCUT2D eigenvalue weighted by molar-refractivity contribution is 5.95. The largest absolute Gasteiger partial charge is 0.507 e. The first-order valence-corrected chi connectivity index (χ1v) is 5.49. The molecule has 0 heterocycles. The van der Waals surface area contributed by atoms with Gasteiger partial charge >= 0.3 is 11.9 Å². The van der Waals surface area contributed by atoms with Crippen molar-refractivity contribution in [1.29, 1.82) is 0 Å². The zero-order chi connectivity index (χ0) is 14.3. The maximum atomic E-state index is 11.4. The number of carbonyl (C=O) groups excluding carboxylic acids is 2. The molecular weight excluding hydrogens is 256 g/mol. The Bertz CT molecular complexity index is 455. The van der Waals surface area contributed by atoms with Gasteiger partial charge in [0.05, 0.1) is 18.8 Å². The van der Waals surface area contributed by atoms with Crippen LogP contribution in [0.5, 0.6) is 5.75 Å². The first-order chi connectivity index (χ1) is 9.10. The van der Waals surface area contributed by atoms with Crippen molar-refractivity contribution in [1.82, 2.24) is 0 Å². The third kappa shape index (κ3) is 4.23. The predicted octanol–water partition coefficient (Wildman–Crippen LogP) is -0.310. The van der Waals surface area contributed by atoms with Crippen LogP contribution < -0.4 is 0 Å². The van der Waals surface area contributed by atoms with Gasteiger partial charge in [0.15, 0.2) is 0 Å². The molecule has 1 rings (SSSR count). The fourth-order valence-electron chi connectivity index (χ4n) is 1.27. The van der Waals surface area contributed by atoms with E-state index in [4.69, 9.17) is 10.2 Å². The molecule has 0 amide bonds. The van der Waals surface area contributed by atoms with E-state index in [1.165, 1.54) is 12.1 Å². The Kier molecular flexibility index (Phi) is 5.77. The topological polar surface area (TPSA) is 113 Å². The van der Waals surface area contributed by atoms with Gasteiger partial charge in [0.25, 0.3) is 0 Å². The molecular formula is C12H14O7. The average Bonchev–Trinajstić information content (AvgIpc) is 2.41. The SMILES string of the molecule is O=C(OCCO)c1ccc(C(=O)OCCO)c(O)c1. The second-order valence-electron chi connectivity index (χ2n) is 3.45. The lowest BCUT2D eigenvalue weighted by Gasteiger charge is -2.07. The van der Waals surface area contributed by atoms with E-state index in [1.54, 1.807) is 0 Å². The number of aromatic hydroxyl groups is 1. The highest BCUT2D eigenvalue weighted by atomic mass is 16.5. The first-order valence-electron chi connectivity index (χ1n) is 5.49. The summed E-state index contributed by atoms with van der Waals surface area (Å²) in [5, 5.41) is 26.6. The van der Waals surface area contributed by atoms with Gasteiger partial charge in [0, 0.05) is 0 Å². The molecule has 0 spiro atoms. The second-order valence-corrected chi connectivity index (χ2v) is 3.45. The third-order valence-electron chi connectivity index (χ3n) is 2.10. The molecule has 19 heavy (non-hydrogen) atoms. The number of benzene rings is 1. The van der Waals surface area contributed by atoms with E-state index in [9.17, 15) is 14.7 Å². The van der Waals surface area contributed by atoms with E-state index in [2.05, 4.69) is 9.47 Å². The summed E-state index contributed by atoms with van der Waals surface area (Å²) in [5.74, 6) is -1.96. The number of aliphatic hydroxyl groups excluding tert-OH is 2. The van der Waals surface area contributed by atoms with Crippen LogP contribution in [0.15, 0.2) is 18.2 Å². The van der Waals surface area contributed by atoms with Crippen molar-refractivity contribution in [3.8, 4) is 5.75 Å². The fourth-order valence-corrected chi connectivity index (χ4v) is 1.27. The van der Waals surface area contributed by atoms with Crippen molar-refractivity contribution < 1.29 is 34.4 Å². The normalized spacial score (nSPS) is 10.0. The number of hydrogen-bond donors (Lipinski definition) is 3. The minimum absolute atomic E-state index is 0.0460. The highest BCUT2D eigenvalue weighted by Crippen LogP contribution is 2.20. The lowest BCUT2D eigenvalue weighted by molar-refractivity contribution is 0.0418. The molecule has 104 valence electrons. The molecule has 0 saturated carbocycles. The zero-order valence-corrected chi connectivity index (χ0v) is 10.0. The van der Waals surface area contributed by atoms with Gasteiger partial charge in [0.1, 0.15) is 24.5 Å². The van der Waals surface area contributed by atoms with Crippen LogP contribution in [0.3, 0.4) is 0 Å². The molecule has 0 bridgehead atoms. The second kappa shape index (κ2) is 7.34. The van der Waals surface area contributed by atoms with Gasteiger partial charge in [-0.1, -0.05) is 0 Å².